The summed E-state index contributed by atoms with van der Waals surface area (Å²) in [6, 6.07) is 3.52. The average molecular weight is 344 g/mol. The minimum atomic E-state index is -3.96. The summed E-state index contributed by atoms with van der Waals surface area (Å²) in [5.74, 6) is -0.451. The van der Waals surface area contributed by atoms with Crippen molar-refractivity contribution in [2.45, 2.75) is 30.2 Å². The van der Waals surface area contributed by atoms with Crippen molar-refractivity contribution in [3.05, 3.63) is 34.4 Å². The summed E-state index contributed by atoms with van der Waals surface area (Å²) in [5.41, 5.74) is 5.17. The molecule has 10 heteroatoms. The van der Waals surface area contributed by atoms with Gasteiger partial charge >= 0.3 is 0 Å². The number of sulfonamides is 1. The molecule has 0 aliphatic heterocycles. The van der Waals surface area contributed by atoms with Gasteiger partial charge in [-0.05, 0) is 31.5 Å². The molecule has 1 atom stereocenters. The minimum Gasteiger partial charge on any atom is -0.358 e. The van der Waals surface area contributed by atoms with Crippen LogP contribution in [0.15, 0.2) is 29.2 Å². The van der Waals surface area contributed by atoms with Crippen molar-refractivity contribution in [3.8, 4) is 0 Å². The topological polar surface area (TPSA) is 144 Å². The van der Waals surface area contributed by atoms with Gasteiger partial charge in [0.15, 0.2) is 0 Å². The van der Waals surface area contributed by atoms with E-state index in [0.29, 0.717) is 25.8 Å². The number of nitrogens with one attached hydrogen (secondary N) is 2. The van der Waals surface area contributed by atoms with Gasteiger partial charge in [0, 0.05) is 19.2 Å². The SMILES string of the molecule is CNC(=O)[C@H](CCCCN)NS(=O)(=O)c1ccc([N+](=O)[O-])cc1. The molecular formula is C13H20N4O5S. The molecule has 0 spiro atoms. The molecule has 0 radical (unpaired) electrons. The highest BCUT2D eigenvalue weighted by Gasteiger charge is 2.25. The van der Waals surface area contributed by atoms with Crippen molar-refractivity contribution in [3.63, 3.8) is 0 Å². The Labute approximate surface area is 134 Å². The lowest BCUT2D eigenvalue weighted by molar-refractivity contribution is -0.384. The van der Waals surface area contributed by atoms with E-state index in [-0.39, 0.29) is 10.6 Å². The number of carbonyl (C=O) groups is 1. The second-order valence-electron chi connectivity index (χ2n) is 4.82. The third kappa shape index (κ3) is 5.58. The normalized spacial score (nSPS) is 12.6. The van der Waals surface area contributed by atoms with Gasteiger partial charge in [0.05, 0.1) is 9.82 Å². The molecule has 9 nitrogen and oxygen atoms in total. The standard InChI is InChI=1S/C13H20N4O5S/c1-15-13(18)12(4-2-3-9-14)16-23(21,22)11-7-5-10(6-8-11)17(19)20/h5-8,12,16H,2-4,9,14H2,1H3,(H,15,18)/t12-/m0/s1. The van der Waals surface area contributed by atoms with Gasteiger partial charge in [0.25, 0.3) is 5.69 Å². The second-order valence-corrected chi connectivity index (χ2v) is 6.54. The van der Waals surface area contributed by atoms with Crippen molar-refractivity contribution in [2.24, 2.45) is 5.73 Å². The predicted molar refractivity (Wildman–Crippen MR) is 84.2 cm³/mol. The first-order valence-corrected chi connectivity index (χ1v) is 8.48. The van der Waals surface area contributed by atoms with Crippen LogP contribution >= 0.6 is 0 Å². The van der Waals surface area contributed by atoms with E-state index in [4.69, 9.17) is 5.73 Å². The number of carbonyl (C=O) groups excluding carboxylic acids is 1. The fraction of sp³-hybridized carbons (Fsp3) is 0.462. The first-order chi connectivity index (χ1) is 10.8. The number of benzene rings is 1. The molecule has 23 heavy (non-hydrogen) atoms. The van der Waals surface area contributed by atoms with Gasteiger partial charge in [-0.25, -0.2) is 8.42 Å². The van der Waals surface area contributed by atoms with Crippen LogP contribution in [0, 0.1) is 10.1 Å². The highest BCUT2D eigenvalue weighted by molar-refractivity contribution is 7.89. The van der Waals surface area contributed by atoms with Crippen LogP contribution in [-0.4, -0.2) is 38.9 Å². The van der Waals surface area contributed by atoms with E-state index >= 15 is 0 Å². The van der Waals surface area contributed by atoms with Crippen molar-refractivity contribution < 1.29 is 18.1 Å². The highest BCUT2D eigenvalue weighted by atomic mass is 32.2. The van der Waals surface area contributed by atoms with Crippen LogP contribution in [0.2, 0.25) is 0 Å². The molecule has 1 amide bonds. The first kappa shape index (κ1) is 19.0. The van der Waals surface area contributed by atoms with Gasteiger partial charge in [-0.15, -0.1) is 0 Å². The molecule has 0 bridgehead atoms. The Kier molecular flexibility index (Phi) is 7.07. The van der Waals surface area contributed by atoms with E-state index < -0.39 is 26.9 Å². The number of likely N-dealkylation sites (N-methyl/N-ethyl adjacent to an activating group) is 1. The lowest BCUT2D eigenvalue weighted by Gasteiger charge is -2.17. The zero-order valence-electron chi connectivity index (χ0n) is 12.7. The molecule has 0 unspecified atom stereocenters. The Hall–Kier alpha value is -2.04. The lowest BCUT2D eigenvalue weighted by Crippen LogP contribution is -2.45. The average Bonchev–Trinajstić information content (AvgIpc) is 2.53. The number of hydrogen-bond donors (Lipinski definition) is 3. The molecular weight excluding hydrogens is 324 g/mol. The molecule has 4 N–H and O–H groups in total. The van der Waals surface area contributed by atoms with Gasteiger partial charge in [-0.3, -0.25) is 14.9 Å². The van der Waals surface area contributed by atoms with Crippen LogP contribution in [0.3, 0.4) is 0 Å². The third-order valence-electron chi connectivity index (χ3n) is 3.17. The van der Waals surface area contributed by atoms with Crippen LogP contribution in [-0.2, 0) is 14.8 Å². The maximum absolute atomic E-state index is 12.3. The van der Waals surface area contributed by atoms with Crippen LogP contribution in [0.1, 0.15) is 19.3 Å². The molecule has 0 saturated heterocycles. The van der Waals surface area contributed by atoms with E-state index in [0.717, 1.165) is 24.3 Å². The summed E-state index contributed by atoms with van der Waals surface area (Å²) in [6.45, 7) is 0.454. The molecule has 0 aromatic heterocycles. The summed E-state index contributed by atoms with van der Waals surface area (Å²) >= 11 is 0. The number of unbranched alkanes of at least 4 members (excludes halogenated alkanes) is 1. The number of hydrogen-bond acceptors (Lipinski definition) is 6. The first-order valence-electron chi connectivity index (χ1n) is 7.00. The minimum absolute atomic E-state index is 0.143. The molecule has 0 fully saturated rings. The Bertz CT molecular complexity index is 645. The summed E-state index contributed by atoms with van der Waals surface area (Å²) in [7, 11) is -2.54. The van der Waals surface area contributed by atoms with Gasteiger partial charge in [-0.2, -0.15) is 4.72 Å². The smallest absolute Gasteiger partial charge is 0.269 e. The molecule has 1 rings (SSSR count). The van der Waals surface area contributed by atoms with Crippen molar-refractivity contribution in [1.82, 2.24) is 10.0 Å². The quantitative estimate of drug-likeness (QED) is 0.329. The largest absolute Gasteiger partial charge is 0.358 e. The number of rotatable bonds is 9. The molecule has 0 aliphatic rings. The summed E-state index contributed by atoms with van der Waals surface area (Å²) in [4.78, 5) is 21.6. The Morgan fingerprint density at radius 1 is 1.30 bits per heavy atom. The molecule has 0 saturated carbocycles. The van der Waals surface area contributed by atoms with E-state index in [1.165, 1.54) is 7.05 Å². The summed E-state index contributed by atoms with van der Waals surface area (Å²) in [5, 5.41) is 13.0. The fourth-order valence-corrected chi connectivity index (χ4v) is 3.14. The second kappa shape index (κ2) is 8.56. The maximum Gasteiger partial charge on any atom is 0.269 e. The maximum atomic E-state index is 12.3. The number of nitrogens with two attached hydrogens (primary N) is 1. The van der Waals surface area contributed by atoms with Gasteiger partial charge in [0.1, 0.15) is 6.04 Å². The molecule has 128 valence electrons. The van der Waals surface area contributed by atoms with Crippen molar-refractivity contribution in [1.29, 1.82) is 0 Å². The molecule has 1 aromatic carbocycles. The Morgan fingerprint density at radius 3 is 2.39 bits per heavy atom. The number of amides is 1. The Morgan fingerprint density at radius 2 is 1.91 bits per heavy atom. The summed E-state index contributed by atoms with van der Waals surface area (Å²) < 4.78 is 26.9. The highest BCUT2D eigenvalue weighted by Crippen LogP contribution is 2.16. The zero-order valence-corrected chi connectivity index (χ0v) is 13.5. The summed E-state index contributed by atoms with van der Waals surface area (Å²) in [6.07, 6.45) is 1.58. The van der Waals surface area contributed by atoms with Crippen LogP contribution in [0.4, 0.5) is 5.69 Å². The number of nitro groups is 1. The number of nitrogens with zero attached hydrogens (tertiary/aromatic N) is 1. The van der Waals surface area contributed by atoms with Crippen molar-refractivity contribution in [2.75, 3.05) is 13.6 Å². The van der Waals surface area contributed by atoms with E-state index in [9.17, 15) is 23.3 Å². The molecule has 1 aromatic rings. The van der Waals surface area contributed by atoms with Crippen LogP contribution in [0.25, 0.3) is 0 Å². The third-order valence-corrected chi connectivity index (χ3v) is 4.65. The Balaban J connectivity index is 2.91. The monoisotopic (exact) mass is 344 g/mol. The molecule has 0 aliphatic carbocycles. The lowest BCUT2D eigenvalue weighted by atomic mass is 10.1. The van der Waals surface area contributed by atoms with E-state index in [1.807, 2.05) is 0 Å². The fourth-order valence-electron chi connectivity index (χ4n) is 1.91. The molecule has 0 heterocycles. The van der Waals surface area contributed by atoms with E-state index in [1.54, 1.807) is 0 Å². The zero-order chi connectivity index (χ0) is 17.5. The van der Waals surface area contributed by atoms with Crippen molar-refractivity contribution >= 4 is 21.6 Å². The predicted octanol–water partition coefficient (Wildman–Crippen LogP) is 0.117. The van der Waals surface area contributed by atoms with Crippen LogP contribution in [0.5, 0.6) is 0 Å². The van der Waals surface area contributed by atoms with Gasteiger partial charge in [0.2, 0.25) is 15.9 Å². The van der Waals surface area contributed by atoms with Gasteiger partial charge < -0.3 is 11.1 Å². The van der Waals surface area contributed by atoms with E-state index in [2.05, 4.69) is 10.0 Å². The van der Waals surface area contributed by atoms with Gasteiger partial charge in [-0.1, -0.05) is 6.42 Å². The number of nitro benzene ring substituents is 1. The number of non-ortho nitro benzene ring substituents is 1. The van der Waals surface area contributed by atoms with Crippen LogP contribution < -0.4 is 15.8 Å².